The van der Waals surface area contributed by atoms with Crippen molar-refractivity contribution in [2.75, 3.05) is 5.32 Å². The van der Waals surface area contributed by atoms with Crippen molar-refractivity contribution in [2.24, 2.45) is 0 Å². The molecule has 9 heteroatoms. The molecule has 0 atom stereocenters. The van der Waals surface area contributed by atoms with Crippen LogP contribution in [0.2, 0.25) is 5.02 Å². The number of thiazole rings is 1. The predicted molar refractivity (Wildman–Crippen MR) is 86.4 cm³/mol. The van der Waals surface area contributed by atoms with Crippen molar-refractivity contribution in [1.82, 2.24) is 13.7 Å². The number of hydrogen-bond donors (Lipinski definition) is 1. The molecule has 1 aromatic carbocycles. The van der Waals surface area contributed by atoms with Crippen LogP contribution in [0.15, 0.2) is 17.5 Å². The molecule has 0 radical (unpaired) electrons. The standard InChI is InChI=1S/C12H8Cl2N4OS2/c13-4-6-5-20-10(15-6)3-9(19)16-11-7(14)1-2-8-12(11)18-21-17-8/h1-2,5H,3-4H2,(H,16,19). The minimum atomic E-state index is -0.201. The van der Waals surface area contributed by atoms with E-state index in [9.17, 15) is 4.79 Å². The number of carbonyl (C=O) groups is 1. The number of fused-ring (bicyclic) bond motifs is 1. The van der Waals surface area contributed by atoms with Crippen molar-refractivity contribution in [1.29, 1.82) is 0 Å². The maximum Gasteiger partial charge on any atom is 0.231 e. The summed E-state index contributed by atoms with van der Waals surface area (Å²) >= 11 is 14.3. The summed E-state index contributed by atoms with van der Waals surface area (Å²) in [5.74, 6) is 0.140. The fourth-order valence-electron chi connectivity index (χ4n) is 1.76. The Hall–Kier alpha value is -1.28. The molecule has 0 saturated heterocycles. The Morgan fingerprint density at radius 3 is 2.95 bits per heavy atom. The molecular formula is C12H8Cl2N4OS2. The molecule has 1 N–H and O–H groups in total. The highest BCUT2D eigenvalue weighted by Gasteiger charge is 2.14. The second-order valence-electron chi connectivity index (χ2n) is 4.15. The van der Waals surface area contributed by atoms with E-state index in [0.29, 0.717) is 32.6 Å². The minimum absolute atomic E-state index is 0.172. The molecule has 3 rings (SSSR count). The normalized spacial score (nSPS) is 11.0. The van der Waals surface area contributed by atoms with E-state index in [1.54, 1.807) is 12.1 Å². The van der Waals surface area contributed by atoms with Crippen molar-refractivity contribution < 1.29 is 4.79 Å². The van der Waals surface area contributed by atoms with Crippen molar-refractivity contribution in [3.8, 4) is 0 Å². The van der Waals surface area contributed by atoms with Gasteiger partial charge in [0.2, 0.25) is 5.91 Å². The van der Waals surface area contributed by atoms with E-state index in [1.165, 1.54) is 11.3 Å². The van der Waals surface area contributed by atoms with Crippen LogP contribution in [-0.4, -0.2) is 19.6 Å². The number of amides is 1. The lowest BCUT2D eigenvalue weighted by molar-refractivity contribution is -0.115. The summed E-state index contributed by atoms with van der Waals surface area (Å²) in [5.41, 5.74) is 2.56. The monoisotopic (exact) mass is 358 g/mol. The molecular weight excluding hydrogens is 351 g/mol. The van der Waals surface area contributed by atoms with E-state index in [4.69, 9.17) is 23.2 Å². The average Bonchev–Trinajstić information content (AvgIpc) is 3.10. The van der Waals surface area contributed by atoms with Gasteiger partial charge in [-0.05, 0) is 12.1 Å². The molecule has 0 spiro atoms. The third kappa shape index (κ3) is 3.16. The molecule has 3 aromatic rings. The van der Waals surface area contributed by atoms with Crippen LogP contribution < -0.4 is 5.32 Å². The van der Waals surface area contributed by atoms with Crippen LogP contribution in [0.5, 0.6) is 0 Å². The maximum absolute atomic E-state index is 12.1. The highest BCUT2D eigenvalue weighted by atomic mass is 35.5. The van der Waals surface area contributed by atoms with Gasteiger partial charge in [-0.1, -0.05) is 11.6 Å². The Bertz CT molecular complexity index is 802. The van der Waals surface area contributed by atoms with Crippen LogP contribution in [0.3, 0.4) is 0 Å². The SMILES string of the molecule is O=C(Cc1nc(CCl)cs1)Nc1c(Cl)ccc2nsnc12. The predicted octanol–water partition coefficient (Wildman–Crippen LogP) is 3.72. The number of nitrogens with zero attached hydrogens (tertiary/aromatic N) is 3. The lowest BCUT2D eigenvalue weighted by Gasteiger charge is -2.06. The summed E-state index contributed by atoms with van der Waals surface area (Å²) in [6.07, 6.45) is 0.172. The number of benzene rings is 1. The quantitative estimate of drug-likeness (QED) is 0.721. The van der Waals surface area contributed by atoms with Gasteiger partial charge >= 0.3 is 0 Å². The summed E-state index contributed by atoms with van der Waals surface area (Å²) in [4.78, 5) is 16.4. The Kier molecular flexibility index (Phi) is 4.34. The zero-order chi connectivity index (χ0) is 14.8. The van der Waals surface area contributed by atoms with Gasteiger partial charge in [-0.3, -0.25) is 4.79 Å². The largest absolute Gasteiger partial charge is 0.323 e. The maximum atomic E-state index is 12.1. The van der Waals surface area contributed by atoms with Gasteiger partial charge in [0, 0.05) is 5.38 Å². The molecule has 0 aliphatic heterocycles. The van der Waals surface area contributed by atoms with Crippen molar-refractivity contribution in [2.45, 2.75) is 12.3 Å². The van der Waals surface area contributed by atoms with E-state index in [0.717, 1.165) is 17.4 Å². The number of halogens is 2. The Balaban J connectivity index is 1.79. The number of rotatable bonds is 4. The molecule has 0 aliphatic rings. The van der Waals surface area contributed by atoms with Gasteiger partial charge in [0.1, 0.15) is 16.0 Å². The molecule has 0 saturated carbocycles. The first-order valence-electron chi connectivity index (χ1n) is 5.87. The van der Waals surface area contributed by atoms with Gasteiger partial charge in [0.15, 0.2) is 0 Å². The Morgan fingerprint density at radius 2 is 2.19 bits per heavy atom. The van der Waals surface area contributed by atoms with Crippen LogP contribution in [0.4, 0.5) is 5.69 Å². The fraction of sp³-hybridized carbons (Fsp3) is 0.167. The molecule has 21 heavy (non-hydrogen) atoms. The van der Waals surface area contributed by atoms with E-state index in [-0.39, 0.29) is 12.3 Å². The van der Waals surface area contributed by atoms with Gasteiger partial charge in [0.25, 0.3) is 0 Å². The molecule has 5 nitrogen and oxygen atoms in total. The summed E-state index contributed by atoms with van der Waals surface area (Å²) in [5, 5.41) is 5.77. The summed E-state index contributed by atoms with van der Waals surface area (Å²) in [6, 6.07) is 3.46. The van der Waals surface area contributed by atoms with Crippen LogP contribution in [-0.2, 0) is 17.1 Å². The first-order chi connectivity index (χ1) is 10.2. The molecule has 0 bridgehead atoms. The van der Waals surface area contributed by atoms with Crippen LogP contribution in [0, 0.1) is 0 Å². The zero-order valence-electron chi connectivity index (χ0n) is 10.5. The number of anilines is 1. The molecule has 0 fully saturated rings. The smallest absolute Gasteiger partial charge is 0.231 e. The summed E-state index contributed by atoms with van der Waals surface area (Å²) in [6.45, 7) is 0. The first-order valence-corrected chi connectivity index (χ1v) is 8.39. The number of aromatic nitrogens is 3. The number of hydrogen-bond acceptors (Lipinski definition) is 6. The Labute approximate surface area is 138 Å². The molecule has 2 aromatic heterocycles. The number of nitrogens with one attached hydrogen (secondary N) is 1. The molecule has 2 heterocycles. The average molecular weight is 359 g/mol. The highest BCUT2D eigenvalue weighted by Crippen LogP contribution is 2.30. The number of alkyl halides is 1. The van der Waals surface area contributed by atoms with E-state index in [2.05, 4.69) is 19.0 Å². The van der Waals surface area contributed by atoms with E-state index < -0.39 is 0 Å². The Morgan fingerprint density at radius 1 is 1.33 bits per heavy atom. The minimum Gasteiger partial charge on any atom is -0.323 e. The van der Waals surface area contributed by atoms with Gasteiger partial charge < -0.3 is 5.32 Å². The van der Waals surface area contributed by atoms with Gasteiger partial charge in [-0.25, -0.2) is 4.98 Å². The van der Waals surface area contributed by atoms with Crippen LogP contribution in [0.1, 0.15) is 10.7 Å². The lowest BCUT2D eigenvalue weighted by atomic mass is 10.2. The highest BCUT2D eigenvalue weighted by molar-refractivity contribution is 7.09. The van der Waals surface area contributed by atoms with Crippen LogP contribution in [0.25, 0.3) is 11.0 Å². The number of carbonyl (C=O) groups excluding carboxylic acids is 1. The van der Waals surface area contributed by atoms with E-state index in [1.807, 2.05) is 5.38 Å². The van der Waals surface area contributed by atoms with Crippen molar-refractivity contribution in [3.05, 3.63) is 33.2 Å². The molecule has 1 amide bonds. The zero-order valence-corrected chi connectivity index (χ0v) is 13.6. The third-order valence-electron chi connectivity index (χ3n) is 2.69. The van der Waals surface area contributed by atoms with E-state index >= 15 is 0 Å². The van der Waals surface area contributed by atoms with Gasteiger partial charge in [-0.15, -0.1) is 22.9 Å². The second-order valence-corrected chi connectivity index (χ2v) is 6.29. The van der Waals surface area contributed by atoms with Gasteiger partial charge in [0.05, 0.1) is 40.4 Å². The van der Waals surface area contributed by atoms with Crippen molar-refractivity contribution >= 4 is 68.9 Å². The van der Waals surface area contributed by atoms with Gasteiger partial charge in [-0.2, -0.15) is 8.75 Å². The molecule has 0 aliphatic carbocycles. The first kappa shape index (κ1) is 14.6. The lowest BCUT2D eigenvalue weighted by Crippen LogP contribution is -2.15. The topological polar surface area (TPSA) is 67.8 Å². The van der Waals surface area contributed by atoms with Crippen molar-refractivity contribution in [3.63, 3.8) is 0 Å². The summed E-state index contributed by atoms with van der Waals surface area (Å²) < 4.78 is 8.28. The molecule has 108 valence electrons. The molecule has 0 unspecified atom stereocenters. The van der Waals surface area contributed by atoms with Crippen LogP contribution >= 0.6 is 46.3 Å². The fourth-order valence-corrected chi connectivity index (χ4v) is 3.52. The second kappa shape index (κ2) is 6.23. The third-order valence-corrected chi connectivity index (χ3v) is 4.72. The summed E-state index contributed by atoms with van der Waals surface area (Å²) in [7, 11) is 0.